The summed E-state index contributed by atoms with van der Waals surface area (Å²) in [6.45, 7) is 2.22. The van der Waals surface area contributed by atoms with Gasteiger partial charge in [-0.2, -0.15) is 0 Å². The molecule has 3 saturated heterocycles. The van der Waals surface area contributed by atoms with Gasteiger partial charge < -0.3 is 66.5 Å². The Morgan fingerprint density at radius 1 is 0.580 bits per heavy atom. The Hall–Kier alpha value is -3.10. The molecular formula is C28H47N13O9. The number of nitrogens with two attached hydrogens (primary N) is 1. The van der Waals surface area contributed by atoms with E-state index in [1.54, 1.807) is 32.6 Å². The van der Waals surface area contributed by atoms with E-state index in [9.17, 15) is 30.6 Å². The van der Waals surface area contributed by atoms with Gasteiger partial charge in [-0.05, 0) is 0 Å². The van der Waals surface area contributed by atoms with Crippen LogP contribution in [0.15, 0.2) is 18.6 Å². The van der Waals surface area contributed by atoms with Crippen LogP contribution in [-0.2, 0) is 53.7 Å². The van der Waals surface area contributed by atoms with Gasteiger partial charge >= 0.3 is 0 Å². The smallest absolute Gasteiger partial charge is 0.108 e. The molecule has 0 radical (unpaired) electrons. The topological polar surface area (TPSA) is 303 Å². The molecule has 0 bridgehead atoms. The Morgan fingerprint density at radius 2 is 0.880 bits per heavy atom. The lowest BCUT2D eigenvalue weighted by Crippen LogP contribution is -2.52. The maximum Gasteiger partial charge on any atom is 0.108 e. The van der Waals surface area contributed by atoms with Crippen molar-refractivity contribution >= 4 is 0 Å². The third-order valence-electron chi connectivity index (χ3n) is 9.01. The first-order valence-corrected chi connectivity index (χ1v) is 16.5. The second-order valence-corrected chi connectivity index (χ2v) is 13.4. The van der Waals surface area contributed by atoms with Crippen LogP contribution >= 0.6 is 0 Å². The molecule has 0 amide bonds. The van der Waals surface area contributed by atoms with E-state index in [2.05, 4.69) is 46.9 Å². The number of nitrogens with one attached hydrogen (secondary N) is 3. The number of β-amino-alcohol motifs (C(OH)–C–C–N with tert-alkyl or cyclic N) is 3. The normalized spacial score (nSPS) is 30.2. The summed E-state index contributed by atoms with van der Waals surface area (Å²) < 4.78 is 22.5. The van der Waals surface area contributed by atoms with Crippen LogP contribution in [0, 0.1) is 0 Å². The predicted molar refractivity (Wildman–Crippen MR) is 167 cm³/mol. The van der Waals surface area contributed by atoms with Crippen LogP contribution in [0.3, 0.4) is 0 Å². The third kappa shape index (κ3) is 9.41. The lowest BCUT2D eigenvalue weighted by atomic mass is 10.1. The van der Waals surface area contributed by atoms with Crippen molar-refractivity contribution in [3.8, 4) is 0 Å². The van der Waals surface area contributed by atoms with Gasteiger partial charge in [0.15, 0.2) is 0 Å². The van der Waals surface area contributed by atoms with Gasteiger partial charge in [-0.1, -0.05) is 15.6 Å². The molecule has 3 aromatic heterocycles. The Bertz CT molecular complexity index is 1320. The molecule has 278 valence electrons. The zero-order valence-corrected chi connectivity index (χ0v) is 27.4. The maximum atomic E-state index is 10.1. The summed E-state index contributed by atoms with van der Waals surface area (Å²) in [5.41, 5.74) is 7.25. The number of rotatable bonds is 18. The summed E-state index contributed by atoms with van der Waals surface area (Å²) in [5.74, 6) is 0. The molecule has 3 aromatic rings. The fraction of sp³-hybridized carbons (Fsp3) is 0.786. The Labute approximate surface area is 286 Å². The average Bonchev–Trinajstić information content (AvgIpc) is 3.96. The molecule has 0 saturated carbocycles. The van der Waals surface area contributed by atoms with Crippen molar-refractivity contribution in [2.75, 3.05) is 39.5 Å². The van der Waals surface area contributed by atoms with E-state index >= 15 is 0 Å². The summed E-state index contributed by atoms with van der Waals surface area (Å²) in [6.07, 6.45) is -0.110. The van der Waals surface area contributed by atoms with Gasteiger partial charge in [-0.25, -0.2) is 0 Å². The van der Waals surface area contributed by atoms with Crippen molar-refractivity contribution in [3.05, 3.63) is 35.7 Å². The zero-order valence-electron chi connectivity index (χ0n) is 27.4. The molecular weight excluding hydrogens is 662 g/mol. The molecule has 22 nitrogen and oxygen atoms in total. The van der Waals surface area contributed by atoms with Crippen LogP contribution in [0.2, 0.25) is 0 Å². The van der Waals surface area contributed by atoms with E-state index in [0.717, 1.165) is 0 Å². The van der Waals surface area contributed by atoms with Crippen LogP contribution in [0.5, 0.6) is 0 Å². The van der Waals surface area contributed by atoms with Gasteiger partial charge in [0, 0.05) is 19.6 Å². The number of hydrogen-bond acceptors (Lipinski definition) is 19. The largest absolute Gasteiger partial charge is 0.389 e. The number of aliphatic hydroxyl groups excluding tert-OH is 6. The minimum absolute atomic E-state index is 0.0233. The summed E-state index contributed by atoms with van der Waals surface area (Å²) in [5, 5.41) is 93.4. The van der Waals surface area contributed by atoms with Crippen molar-refractivity contribution in [1.82, 2.24) is 60.9 Å². The summed E-state index contributed by atoms with van der Waals surface area (Å²) >= 11 is 0. The first-order valence-electron chi connectivity index (χ1n) is 16.5. The molecule has 0 aliphatic carbocycles. The SMILES string of the molecule is NC(COCc1cn(C[C@@H]2NC[C@@H](O)[C@H]2O)nn1)(COCc1cn(C[C@@H]2NC[C@@H](O)[C@H]2O)nn1)COCc1cn(C[C@@H]2NC[C@@H](O)[C@H]2O)nn1. The van der Waals surface area contributed by atoms with Crippen LogP contribution < -0.4 is 21.7 Å². The highest BCUT2D eigenvalue weighted by Crippen LogP contribution is 2.14. The van der Waals surface area contributed by atoms with Gasteiger partial charge in [0.2, 0.25) is 0 Å². The van der Waals surface area contributed by atoms with Gasteiger partial charge in [0.1, 0.15) is 17.1 Å². The fourth-order valence-electron chi connectivity index (χ4n) is 6.15. The van der Waals surface area contributed by atoms with Crippen LogP contribution in [0.1, 0.15) is 17.1 Å². The van der Waals surface area contributed by atoms with Crippen LogP contribution in [0.25, 0.3) is 0 Å². The molecule has 50 heavy (non-hydrogen) atoms. The maximum absolute atomic E-state index is 10.1. The highest BCUT2D eigenvalue weighted by molar-refractivity contribution is 4.98. The first-order chi connectivity index (χ1) is 24.0. The Morgan fingerprint density at radius 3 is 1.14 bits per heavy atom. The molecule has 11 N–H and O–H groups in total. The molecule has 0 unspecified atom stereocenters. The first kappa shape index (κ1) is 36.7. The van der Waals surface area contributed by atoms with E-state index in [-0.39, 0.29) is 57.8 Å². The lowest BCUT2D eigenvalue weighted by molar-refractivity contribution is -0.0356. The molecule has 0 aromatic carbocycles. The molecule has 22 heteroatoms. The van der Waals surface area contributed by atoms with Crippen molar-refractivity contribution in [3.63, 3.8) is 0 Å². The van der Waals surface area contributed by atoms with Gasteiger partial charge in [-0.3, -0.25) is 14.0 Å². The lowest BCUT2D eigenvalue weighted by Gasteiger charge is -2.28. The number of aliphatic hydroxyl groups is 6. The molecule has 9 atom stereocenters. The highest BCUT2D eigenvalue weighted by Gasteiger charge is 2.35. The summed E-state index contributed by atoms with van der Waals surface area (Å²) in [4.78, 5) is 0. The molecule has 3 fully saturated rings. The van der Waals surface area contributed by atoms with E-state index in [4.69, 9.17) is 19.9 Å². The zero-order chi connectivity index (χ0) is 35.3. The minimum Gasteiger partial charge on any atom is -0.389 e. The van der Waals surface area contributed by atoms with Crippen LogP contribution in [-0.4, -0.2) is 175 Å². The van der Waals surface area contributed by atoms with Gasteiger partial charge in [0.05, 0.1) is 138 Å². The van der Waals surface area contributed by atoms with Crippen molar-refractivity contribution < 1.29 is 44.8 Å². The van der Waals surface area contributed by atoms with Crippen molar-refractivity contribution in [2.24, 2.45) is 5.73 Å². The second kappa shape index (κ2) is 16.5. The number of aromatic nitrogens is 9. The van der Waals surface area contributed by atoms with Gasteiger partial charge in [0.25, 0.3) is 0 Å². The standard InChI is InChI=1S/C28H47N13O9/c29-28(13-48-10-16-4-39(36-33-16)7-19-25(45)22(42)1-30-19,14-49-11-17-5-40(37-34-17)8-20-26(46)23(43)2-31-20)15-50-12-18-6-41(38-35-18)9-21-27(47)24(44)3-32-21/h4-6,19-27,30-32,42-47H,1-3,7-15,29H2/t19-,20-,21-,22+,23+,24+,25-,26-,27-/m0/s1. The summed E-state index contributed by atoms with van der Waals surface area (Å²) in [7, 11) is 0. The monoisotopic (exact) mass is 709 g/mol. The highest BCUT2D eigenvalue weighted by atomic mass is 16.5. The molecule has 6 rings (SSSR count). The quantitative estimate of drug-likeness (QED) is 0.0587. The fourth-order valence-corrected chi connectivity index (χ4v) is 6.15. The van der Waals surface area contributed by atoms with Crippen molar-refractivity contribution in [2.45, 2.75) is 99.7 Å². The van der Waals surface area contributed by atoms with E-state index in [1.807, 2.05) is 0 Å². The van der Waals surface area contributed by atoms with E-state index < -0.39 is 42.2 Å². The van der Waals surface area contributed by atoms with Gasteiger partial charge in [-0.15, -0.1) is 15.3 Å². The number of ether oxygens (including phenoxy) is 3. The predicted octanol–water partition coefficient (Wildman–Crippen LogP) is -6.81. The van der Waals surface area contributed by atoms with Crippen molar-refractivity contribution in [1.29, 1.82) is 0 Å². The summed E-state index contributed by atoms with van der Waals surface area (Å²) in [6, 6.07) is -1.06. The van der Waals surface area contributed by atoms with E-state index in [1.165, 1.54) is 0 Å². The number of hydrogen-bond donors (Lipinski definition) is 10. The van der Waals surface area contributed by atoms with E-state index in [0.29, 0.717) is 56.4 Å². The minimum atomic E-state index is -1.11. The second-order valence-electron chi connectivity index (χ2n) is 13.4. The number of nitrogens with zero attached hydrogens (tertiary/aromatic N) is 9. The average molecular weight is 710 g/mol. The third-order valence-corrected chi connectivity index (χ3v) is 9.01. The Kier molecular flexibility index (Phi) is 12.1. The Balaban J connectivity index is 1.00. The molecule has 3 aliphatic heterocycles. The molecule has 6 heterocycles. The van der Waals surface area contributed by atoms with Crippen LogP contribution in [0.4, 0.5) is 0 Å². The molecule has 0 spiro atoms. The molecule has 3 aliphatic rings.